The second-order valence-electron chi connectivity index (χ2n) is 6.47. The van der Waals surface area contributed by atoms with Crippen molar-refractivity contribution in [1.82, 2.24) is 5.43 Å². The molecule has 0 atom stereocenters. The van der Waals surface area contributed by atoms with Gasteiger partial charge in [-0.2, -0.15) is 5.10 Å². The smallest absolute Gasteiger partial charge is 0.264 e. The number of para-hydroxylation sites is 1. The SMILES string of the molecule is Cc1ccc(S(=O)(=O)N(CC(=O)NN=Cc2ccccc2F)c2ccccc2)cc1. The number of anilines is 1. The molecular weight excluding hydrogens is 405 g/mol. The molecule has 0 heterocycles. The topological polar surface area (TPSA) is 78.8 Å². The molecule has 0 unspecified atom stereocenters. The highest BCUT2D eigenvalue weighted by Gasteiger charge is 2.27. The number of nitrogens with one attached hydrogen (secondary N) is 1. The molecule has 0 aromatic heterocycles. The monoisotopic (exact) mass is 425 g/mol. The number of nitrogens with zero attached hydrogens (tertiary/aromatic N) is 2. The molecule has 0 radical (unpaired) electrons. The number of carbonyl (C=O) groups excluding carboxylic acids is 1. The van der Waals surface area contributed by atoms with Crippen LogP contribution in [0.1, 0.15) is 11.1 Å². The lowest BCUT2D eigenvalue weighted by Crippen LogP contribution is -2.39. The number of amides is 1. The largest absolute Gasteiger partial charge is 0.271 e. The molecule has 0 aliphatic carbocycles. The predicted molar refractivity (Wildman–Crippen MR) is 114 cm³/mol. The number of rotatable bonds is 7. The molecule has 3 aromatic carbocycles. The van der Waals surface area contributed by atoms with Crippen LogP contribution < -0.4 is 9.73 Å². The van der Waals surface area contributed by atoms with Crippen LogP contribution in [0.4, 0.5) is 10.1 Å². The van der Waals surface area contributed by atoms with E-state index in [1.807, 2.05) is 6.92 Å². The molecule has 8 heteroatoms. The Balaban J connectivity index is 1.82. The van der Waals surface area contributed by atoms with Gasteiger partial charge in [0, 0.05) is 5.56 Å². The summed E-state index contributed by atoms with van der Waals surface area (Å²) in [5.74, 6) is -1.15. The molecule has 0 fully saturated rings. The fraction of sp³-hybridized carbons (Fsp3) is 0.0909. The minimum Gasteiger partial charge on any atom is -0.271 e. The van der Waals surface area contributed by atoms with Gasteiger partial charge in [-0.25, -0.2) is 18.2 Å². The predicted octanol–water partition coefficient (Wildman–Crippen LogP) is 3.48. The van der Waals surface area contributed by atoms with Gasteiger partial charge in [-0.3, -0.25) is 9.10 Å². The normalized spacial score (nSPS) is 11.4. The van der Waals surface area contributed by atoms with Crippen molar-refractivity contribution >= 4 is 27.8 Å². The summed E-state index contributed by atoms with van der Waals surface area (Å²) < 4.78 is 41.0. The highest BCUT2D eigenvalue weighted by atomic mass is 32.2. The van der Waals surface area contributed by atoms with Crippen molar-refractivity contribution in [3.05, 3.63) is 95.8 Å². The van der Waals surface area contributed by atoms with E-state index in [0.29, 0.717) is 5.69 Å². The highest BCUT2D eigenvalue weighted by Crippen LogP contribution is 2.23. The van der Waals surface area contributed by atoms with Crippen molar-refractivity contribution in [2.24, 2.45) is 5.10 Å². The van der Waals surface area contributed by atoms with Crippen LogP contribution in [0.15, 0.2) is 88.9 Å². The van der Waals surface area contributed by atoms with Gasteiger partial charge < -0.3 is 0 Å². The van der Waals surface area contributed by atoms with E-state index in [2.05, 4.69) is 10.5 Å². The first-order valence-electron chi connectivity index (χ1n) is 9.09. The standard InChI is InChI=1S/C22H20FN3O3S/c1-17-11-13-20(14-12-17)30(28,29)26(19-8-3-2-4-9-19)16-22(27)25-24-15-18-7-5-6-10-21(18)23/h2-15H,16H2,1H3,(H,25,27). The quantitative estimate of drug-likeness (QED) is 0.465. The molecule has 0 saturated carbocycles. The van der Waals surface area contributed by atoms with E-state index in [9.17, 15) is 17.6 Å². The number of halogens is 1. The van der Waals surface area contributed by atoms with E-state index < -0.39 is 28.3 Å². The third kappa shape index (κ3) is 5.09. The second kappa shape index (κ2) is 9.32. The Morgan fingerprint density at radius 1 is 1.00 bits per heavy atom. The van der Waals surface area contributed by atoms with Crippen molar-refractivity contribution in [1.29, 1.82) is 0 Å². The minimum atomic E-state index is -3.99. The maximum absolute atomic E-state index is 13.6. The average Bonchev–Trinajstić information content (AvgIpc) is 2.74. The Bertz CT molecular complexity index is 1150. The number of hydrogen-bond donors (Lipinski definition) is 1. The summed E-state index contributed by atoms with van der Waals surface area (Å²) in [5, 5.41) is 3.73. The number of carbonyl (C=O) groups is 1. The van der Waals surface area contributed by atoms with Gasteiger partial charge in [0.05, 0.1) is 16.8 Å². The van der Waals surface area contributed by atoms with Gasteiger partial charge in [0.1, 0.15) is 12.4 Å². The maximum Gasteiger partial charge on any atom is 0.264 e. The molecule has 0 aliphatic heterocycles. The van der Waals surface area contributed by atoms with Crippen LogP contribution in [0.3, 0.4) is 0 Å². The van der Waals surface area contributed by atoms with Crippen molar-refractivity contribution in [2.45, 2.75) is 11.8 Å². The molecule has 3 aromatic rings. The van der Waals surface area contributed by atoms with Crippen LogP contribution in [0.2, 0.25) is 0 Å². The summed E-state index contributed by atoms with van der Waals surface area (Å²) >= 11 is 0. The Morgan fingerprint density at radius 3 is 2.30 bits per heavy atom. The van der Waals surface area contributed by atoms with E-state index in [4.69, 9.17) is 0 Å². The van der Waals surface area contributed by atoms with Crippen LogP contribution in [0, 0.1) is 12.7 Å². The van der Waals surface area contributed by atoms with Crippen LogP contribution in [-0.2, 0) is 14.8 Å². The first kappa shape index (κ1) is 21.2. The molecule has 1 N–H and O–H groups in total. The highest BCUT2D eigenvalue weighted by molar-refractivity contribution is 7.92. The minimum absolute atomic E-state index is 0.0691. The van der Waals surface area contributed by atoms with Gasteiger partial charge in [-0.15, -0.1) is 0 Å². The van der Waals surface area contributed by atoms with E-state index in [1.165, 1.54) is 24.3 Å². The van der Waals surface area contributed by atoms with Crippen molar-refractivity contribution in [3.63, 3.8) is 0 Å². The second-order valence-corrected chi connectivity index (χ2v) is 8.34. The van der Waals surface area contributed by atoms with Crippen molar-refractivity contribution in [2.75, 3.05) is 10.8 Å². The molecule has 6 nitrogen and oxygen atoms in total. The first-order chi connectivity index (χ1) is 14.4. The Kier molecular flexibility index (Phi) is 6.58. The van der Waals surface area contributed by atoms with Gasteiger partial charge in [0.25, 0.3) is 15.9 Å². The van der Waals surface area contributed by atoms with Crippen molar-refractivity contribution < 1.29 is 17.6 Å². The van der Waals surface area contributed by atoms with Crippen LogP contribution in [0.25, 0.3) is 0 Å². The Labute approximate surface area is 174 Å². The molecular formula is C22H20FN3O3S. The zero-order valence-electron chi connectivity index (χ0n) is 16.2. The zero-order chi connectivity index (χ0) is 21.6. The summed E-state index contributed by atoms with van der Waals surface area (Å²) in [6.45, 7) is 1.36. The van der Waals surface area contributed by atoms with E-state index in [0.717, 1.165) is 16.1 Å². The number of aryl methyl sites for hydroxylation is 1. The lowest BCUT2D eigenvalue weighted by molar-refractivity contribution is -0.119. The summed E-state index contributed by atoms with van der Waals surface area (Å²) in [4.78, 5) is 12.5. The fourth-order valence-corrected chi connectivity index (χ4v) is 4.09. The van der Waals surface area contributed by atoms with Crippen LogP contribution >= 0.6 is 0 Å². The molecule has 0 aliphatic rings. The third-order valence-electron chi connectivity index (χ3n) is 4.24. The molecule has 0 spiro atoms. The Hall–Kier alpha value is -3.52. The van der Waals surface area contributed by atoms with Gasteiger partial charge >= 0.3 is 0 Å². The number of hydrogen-bond acceptors (Lipinski definition) is 4. The van der Waals surface area contributed by atoms with Crippen molar-refractivity contribution in [3.8, 4) is 0 Å². The summed E-state index contributed by atoms with van der Waals surface area (Å²) in [5.41, 5.74) is 3.70. The van der Waals surface area contributed by atoms with Crippen LogP contribution in [-0.4, -0.2) is 27.1 Å². The van der Waals surface area contributed by atoms with Gasteiger partial charge in [-0.05, 0) is 37.3 Å². The molecule has 0 saturated heterocycles. The average molecular weight is 425 g/mol. The number of hydrazone groups is 1. The molecule has 0 bridgehead atoms. The number of sulfonamides is 1. The van der Waals surface area contributed by atoms with E-state index in [1.54, 1.807) is 54.6 Å². The number of benzene rings is 3. The maximum atomic E-state index is 13.6. The zero-order valence-corrected chi connectivity index (χ0v) is 17.0. The molecule has 3 rings (SSSR count). The van der Waals surface area contributed by atoms with E-state index >= 15 is 0 Å². The summed E-state index contributed by atoms with van der Waals surface area (Å²) in [7, 11) is -3.99. The van der Waals surface area contributed by atoms with Crippen LogP contribution in [0.5, 0.6) is 0 Å². The lowest BCUT2D eigenvalue weighted by Gasteiger charge is -2.23. The lowest BCUT2D eigenvalue weighted by atomic mass is 10.2. The summed E-state index contributed by atoms with van der Waals surface area (Å²) in [6.07, 6.45) is 1.16. The first-order valence-corrected chi connectivity index (χ1v) is 10.5. The van der Waals surface area contributed by atoms with Gasteiger partial charge in [0.2, 0.25) is 0 Å². The molecule has 30 heavy (non-hydrogen) atoms. The van der Waals surface area contributed by atoms with Gasteiger partial charge in [-0.1, -0.05) is 54.1 Å². The van der Waals surface area contributed by atoms with E-state index in [-0.39, 0.29) is 10.5 Å². The third-order valence-corrected chi connectivity index (χ3v) is 6.03. The molecule has 154 valence electrons. The summed E-state index contributed by atoms with van der Waals surface area (Å²) in [6, 6.07) is 20.6. The fourth-order valence-electron chi connectivity index (χ4n) is 2.67. The molecule has 1 amide bonds. The van der Waals surface area contributed by atoms with Gasteiger partial charge in [0.15, 0.2) is 0 Å². The Morgan fingerprint density at radius 2 is 1.63 bits per heavy atom.